The Balaban J connectivity index is 2.45. The van der Waals surface area contributed by atoms with Crippen LogP contribution >= 0.6 is 11.6 Å². The van der Waals surface area contributed by atoms with E-state index in [1.54, 1.807) is 12.5 Å². The molecule has 78 valence electrons. The number of nitrogens with two attached hydrogens (primary N) is 1. The summed E-state index contributed by atoms with van der Waals surface area (Å²) in [6, 6.07) is 7.72. The number of hydrogen-bond donors (Lipinski definition) is 1. The second kappa shape index (κ2) is 4.47. The molecular formula is C11H12ClN3. The predicted octanol–water partition coefficient (Wildman–Crippen LogP) is 2.16. The van der Waals surface area contributed by atoms with Gasteiger partial charge in [-0.15, -0.1) is 0 Å². The first-order valence-corrected chi connectivity index (χ1v) is 5.16. The summed E-state index contributed by atoms with van der Waals surface area (Å²) < 4.78 is 2.00. The Morgan fingerprint density at radius 2 is 2.13 bits per heavy atom. The maximum atomic E-state index is 6.12. The number of benzene rings is 1. The molecule has 0 saturated carbocycles. The highest BCUT2D eigenvalue weighted by Crippen LogP contribution is 2.26. The number of rotatable bonds is 3. The van der Waals surface area contributed by atoms with Gasteiger partial charge in [-0.3, -0.25) is 0 Å². The molecule has 4 heteroatoms. The van der Waals surface area contributed by atoms with Crippen LogP contribution in [0.25, 0.3) is 11.3 Å². The van der Waals surface area contributed by atoms with Crippen LogP contribution in [0.2, 0.25) is 5.02 Å². The molecule has 1 aromatic carbocycles. The van der Waals surface area contributed by atoms with Crippen molar-refractivity contribution in [2.45, 2.75) is 6.54 Å². The van der Waals surface area contributed by atoms with Crippen LogP contribution in [0.15, 0.2) is 36.8 Å². The van der Waals surface area contributed by atoms with Gasteiger partial charge >= 0.3 is 0 Å². The highest BCUT2D eigenvalue weighted by molar-refractivity contribution is 6.33. The van der Waals surface area contributed by atoms with Gasteiger partial charge < -0.3 is 10.3 Å². The summed E-state index contributed by atoms with van der Waals surface area (Å²) in [6.07, 6.45) is 3.57. The molecule has 2 aromatic rings. The Hall–Kier alpha value is -1.32. The lowest BCUT2D eigenvalue weighted by Gasteiger charge is -2.07. The molecule has 0 aliphatic carbocycles. The van der Waals surface area contributed by atoms with E-state index < -0.39 is 0 Å². The van der Waals surface area contributed by atoms with E-state index in [0.717, 1.165) is 22.8 Å². The monoisotopic (exact) mass is 221 g/mol. The van der Waals surface area contributed by atoms with E-state index in [1.165, 1.54) is 0 Å². The van der Waals surface area contributed by atoms with Gasteiger partial charge in [0, 0.05) is 23.7 Å². The van der Waals surface area contributed by atoms with E-state index in [9.17, 15) is 0 Å². The van der Waals surface area contributed by atoms with Crippen LogP contribution in [0.4, 0.5) is 0 Å². The number of imidazole rings is 1. The molecule has 2 N–H and O–H groups in total. The maximum absolute atomic E-state index is 6.12. The fraction of sp³-hybridized carbons (Fsp3) is 0.182. The number of halogens is 1. The van der Waals surface area contributed by atoms with Gasteiger partial charge in [0.15, 0.2) is 0 Å². The summed E-state index contributed by atoms with van der Waals surface area (Å²) >= 11 is 6.12. The largest absolute Gasteiger partial charge is 0.329 e. The highest BCUT2D eigenvalue weighted by atomic mass is 35.5. The lowest BCUT2D eigenvalue weighted by molar-refractivity contribution is 0.714. The van der Waals surface area contributed by atoms with Crippen LogP contribution in [-0.2, 0) is 6.54 Å². The third-order valence-electron chi connectivity index (χ3n) is 2.23. The average molecular weight is 222 g/mol. The lowest BCUT2D eigenvalue weighted by Crippen LogP contribution is -2.09. The second-order valence-electron chi connectivity index (χ2n) is 3.24. The van der Waals surface area contributed by atoms with Crippen LogP contribution in [0, 0.1) is 0 Å². The lowest BCUT2D eigenvalue weighted by atomic mass is 10.1. The summed E-state index contributed by atoms with van der Waals surface area (Å²) in [5.41, 5.74) is 7.52. The molecule has 0 radical (unpaired) electrons. The zero-order chi connectivity index (χ0) is 10.7. The van der Waals surface area contributed by atoms with E-state index in [0.29, 0.717) is 6.54 Å². The molecule has 0 saturated heterocycles. The van der Waals surface area contributed by atoms with Crippen LogP contribution in [0.1, 0.15) is 0 Å². The van der Waals surface area contributed by atoms with Crippen LogP contribution < -0.4 is 5.73 Å². The topological polar surface area (TPSA) is 43.8 Å². The minimum absolute atomic E-state index is 0.591. The Morgan fingerprint density at radius 1 is 1.33 bits per heavy atom. The fourth-order valence-corrected chi connectivity index (χ4v) is 1.76. The van der Waals surface area contributed by atoms with Crippen molar-refractivity contribution in [1.29, 1.82) is 0 Å². The highest BCUT2D eigenvalue weighted by Gasteiger charge is 2.07. The fourth-order valence-electron chi connectivity index (χ4n) is 1.53. The van der Waals surface area contributed by atoms with E-state index >= 15 is 0 Å². The van der Waals surface area contributed by atoms with Crippen molar-refractivity contribution in [2.75, 3.05) is 6.54 Å². The Labute approximate surface area is 93.5 Å². The molecule has 0 atom stereocenters. The van der Waals surface area contributed by atoms with Crippen molar-refractivity contribution >= 4 is 11.6 Å². The maximum Gasteiger partial charge on any atom is 0.0951 e. The van der Waals surface area contributed by atoms with Gasteiger partial charge in [-0.2, -0.15) is 0 Å². The first-order valence-electron chi connectivity index (χ1n) is 4.78. The molecule has 0 spiro atoms. The zero-order valence-corrected chi connectivity index (χ0v) is 8.98. The van der Waals surface area contributed by atoms with Crippen LogP contribution in [0.5, 0.6) is 0 Å². The summed E-state index contributed by atoms with van der Waals surface area (Å²) in [5, 5.41) is 0.733. The molecule has 2 rings (SSSR count). The van der Waals surface area contributed by atoms with Crippen molar-refractivity contribution in [2.24, 2.45) is 5.73 Å². The van der Waals surface area contributed by atoms with Crippen molar-refractivity contribution in [1.82, 2.24) is 9.55 Å². The minimum atomic E-state index is 0.591. The van der Waals surface area contributed by atoms with Gasteiger partial charge in [-0.25, -0.2) is 4.98 Å². The van der Waals surface area contributed by atoms with Crippen molar-refractivity contribution in [3.8, 4) is 11.3 Å². The summed E-state index contributed by atoms with van der Waals surface area (Å²) in [6.45, 7) is 1.34. The standard InChI is InChI=1S/C11H12ClN3/c12-10-4-2-1-3-9(10)11-7-14-8-15(11)6-5-13/h1-4,7-8H,5-6,13H2. The molecule has 15 heavy (non-hydrogen) atoms. The average Bonchev–Trinajstić information content (AvgIpc) is 2.67. The third kappa shape index (κ3) is 2.03. The van der Waals surface area contributed by atoms with Gasteiger partial charge in [-0.1, -0.05) is 29.8 Å². The van der Waals surface area contributed by atoms with Gasteiger partial charge in [0.05, 0.1) is 18.2 Å². The molecule has 0 aliphatic heterocycles. The Bertz CT molecular complexity index is 451. The molecule has 1 aromatic heterocycles. The zero-order valence-electron chi connectivity index (χ0n) is 8.23. The van der Waals surface area contributed by atoms with Gasteiger partial charge in [-0.05, 0) is 6.07 Å². The minimum Gasteiger partial charge on any atom is -0.329 e. The Morgan fingerprint density at radius 3 is 2.87 bits per heavy atom. The molecule has 0 aliphatic rings. The first-order chi connectivity index (χ1) is 7.33. The quantitative estimate of drug-likeness (QED) is 0.863. The molecule has 0 fully saturated rings. The van der Waals surface area contributed by atoms with Crippen LogP contribution in [-0.4, -0.2) is 16.1 Å². The van der Waals surface area contributed by atoms with Crippen molar-refractivity contribution in [3.63, 3.8) is 0 Å². The van der Waals surface area contributed by atoms with E-state index in [-0.39, 0.29) is 0 Å². The number of aromatic nitrogens is 2. The molecule has 0 unspecified atom stereocenters. The Kier molecular flexibility index (Phi) is 3.04. The first kappa shape index (κ1) is 10.2. The second-order valence-corrected chi connectivity index (χ2v) is 3.65. The summed E-state index contributed by atoms with van der Waals surface area (Å²) in [5.74, 6) is 0. The van der Waals surface area contributed by atoms with E-state index in [4.69, 9.17) is 17.3 Å². The molecule has 3 nitrogen and oxygen atoms in total. The molecule has 0 bridgehead atoms. The molecule has 1 heterocycles. The predicted molar refractivity (Wildman–Crippen MR) is 61.7 cm³/mol. The molecule has 0 amide bonds. The van der Waals surface area contributed by atoms with E-state index in [1.807, 2.05) is 28.8 Å². The normalized spacial score (nSPS) is 10.5. The smallest absolute Gasteiger partial charge is 0.0951 e. The van der Waals surface area contributed by atoms with E-state index in [2.05, 4.69) is 4.98 Å². The summed E-state index contributed by atoms with van der Waals surface area (Å²) in [7, 11) is 0. The van der Waals surface area contributed by atoms with Crippen molar-refractivity contribution in [3.05, 3.63) is 41.8 Å². The van der Waals surface area contributed by atoms with Gasteiger partial charge in [0.2, 0.25) is 0 Å². The van der Waals surface area contributed by atoms with Crippen molar-refractivity contribution < 1.29 is 0 Å². The van der Waals surface area contributed by atoms with Gasteiger partial charge in [0.25, 0.3) is 0 Å². The SMILES string of the molecule is NCCn1cncc1-c1ccccc1Cl. The number of nitrogens with zero attached hydrogens (tertiary/aromatic N) is 2. The summed E-state index contributed by atoms with van der Waals surface area (Å²) in [4.78, 5) is 4.11. The van der Waals surface area contributed by atoms with Crippen LogP contribution in [0.3, 0.4) is 0 Å². The van der Waals surface area contributed by atoms with Gasteiger partial charge in [0.1, 0.15) is 0 Å². The molecular weight excluding hydrogens is 210 g/mol. The number of hydrogen-bond acceptors (Lipinski definition) is 2. The third-order valence-corrected chi connectivity index (χ3v) is 2.56.